The molecule has 3 aromatic rings. The van der Waals surface area contributed by atoms with E-state index in [-0.39, 0.29) is 18.1 Å². The Kier molecular flexibility index (Phi) is 6.09. The molecule has 10 heteroatoms. The summed E-state index contributed by atoms with van der Waals surface area (Å²) in [5.74, 6) is -1.22. The van der Waals surface area contributed by atoms with Crippen molar-refractivity contribution in [2.75, 3.05) is 23.3 Å². The summed E-state index contributed by atoms with van der Waals surface area (Å²) in [4.78, 5) is 23.8. The fourth-order valence-corrected chi connectivity index (χ4v) is 4.98. The van der Waals surface area contributed by atoms with Crippen LogP contribution in [0, 0.1) is 11.2 Å². The number of nitrogens with two attached hydrogens (primary N) is 1. The van der Waals surface area contributed by atoms with Crippen LogP contribution in [-0.2, 0) is 14.3 Å². The number of hydrogen-bond donors (Lipinski definition) is 3. The van der Waals surface area contributed by atoms with Crippen molar-refractivity contribution in [1.29, 1.82) is 5.41 Å². The van der Waals surface area contributed by atoms with Crippen molar-refractivity contribution in [2.45, 2.75) is 24.8 Å². The average molecular weight is 513 g/mol. The summed E-state index contributed by atoms with van der Waals surface area (Å²) in [6.45, 7) is 1.20. The number of halogens is 1. The summed E-state index contributed by atoms with van der Waals surface area (Å²) in [5.41, 5.74) is 9.67. The maximum absolute atomic E-state index is 14.1. The largest absolute Gasteiger partial charge is 0.407 e. The van der Waals surface area contributed by atoms with Gasteiger partial charge in [-0.3, -0.25) is 10.2 Å². The van der Waals surface area contributed by atoms with Crippen LogP contribution in [0.5, 0.6) is 0 Å². The number of piperidine rings is 1. The van der Waals surface area contributed by atoms with E-state index in [0.717, 1.165) is 17.5 Å². The van der Waals surface area contributed by atoms with Crippen molar-refractivity contribution >= 4 is 34.9 Å². The molecule has 4 heterocycles. The lowest BCUT2D eigenvalue weighted by molar-refractivity contribution is -0.133. The zero-order chi connectivity index (χ0) is 26.2. The number of anilines is 2. The summed E-state index contributed by atoms with van der Waals surface area (Å²) in [6, 6.07) is 20.5. The number of amides is 1. The normalized spacial score (nSPS) is 22.4. The van der Waals surface area contributed by atoms with Gasteiger partial charge in [-0.15, -0.1) is 0 Å². The van der Waals surface area contributed by atoms with Crippen molar-refractivity contribution in [3.05, 3.63) is 95.3 Å². The molecular formula is C28H25FN6O3. The van der Waals surface area contributed by atoms with E-state index in [0.29, 0.717) is 35.7 Å². The van der Waals surface area contributed by atoms with E-state index in [9.17, 15) is 9.18 Å². The number of nitrogens with zero attached hydrogens (tertiary/aromatic N) is 3. The Balaban J connectivity index is 1.28. The number of carbonyl (C=O) groups excluding carboxylic acids is 1. The minimum atomic E-state index is -1.25. The molecule has 3 aromatic carbocycles. The van der Waals surface area contributed by atoms with Gasteiger partial charge in [0.1, 0.15) is 5.82 Å². The Morgan fingerprint density at radius 2 is 1.82 bits per heavy atom. The van der Waals surface area contributed by atoms with Gasteiger partial charge in [0, 0.05) is 30.6 Å². The molecule has 0 saturated carbocycles. The molecule has 2 bridgehead atoms. The van der Waals surface area contributed by atoms with Crippen LogP contribution in [0.4, 0.5) is 15.8 Å². The van der Waals surface area contributed by atoms with Crippen LogP contribution in [-0.4, -0.2) is 55.0 Å². The van der Waals surface area contributed by atoms with Crippen LogP contribution < -0.4 is 16.0 Å². The predicted molar refractivity (Wildman–Crippen MR) is 142 cm³/mol. The van der Waals surface area contributed by atoms with Crippen LogP contribution in [0.2, 0.25) is 0 Å². The highest BCUT2D eigenvalue weighted by molar-refractivity contribution is 6.19. The number of fused-ring (bicyclic) bond motifs is 3. The number of hydrogen-bond acceptors (Lipinski definition) is 7. The van der Waals surface area contributed by atoms with Gasteiger partial charge in [0.15, 0.2) is 0 Å². The third-order valence-electron chi connectivity index (χ3n) is 6.73. The molecule has 3 saturated heterocycles. The van der Waals surface area contributed by atoms with Crippen molar-refractivity contribution in [1.82, 2.24) is 0 Å². The summed E-state index contributed by atoms with van der Waals surface area (Å²) in [6.07, 6.45) is -0.0696. The number of benzodiazepines with no additional fused rings is 1. The number of carbonyl (C=O) groups is 1. The highest BCUT2D eigenvalue weighted by atomic mass is 19.1. The standard InChI is InChI=1S/C28H25FN6O3/c29-17-10-11-21(23(12-17)35-14-18-13-19(15-35)37-18)25(30)38-28(31)34-26-27(36)32-22-9-5-4-8-20(22)24(33-26)16-6-2-1-3-7-16/h1-12,18-19,26,30H,13-15H2,(H2,31,34)(H,32,36). The second-order valence-electron chi connectivity index (χ2n) is 9.33. The summed E-state index contributed by atoms with van der Waals surface area (Å²) < 4.78 is 25.4. The van der Waals surface area contributed by atoms with Gasteiger partial charge in [0.05, 0.1) is 34.9 Å². The van der Waals surface area contributed by atoms with Crippen LogP contribution in [0.1, 0.15) is 23.1 Å². The third kappa shape index (κ3) is 4.61. The lowest BCUT2D eigenvalue weighted by atomic mass is 9.97. The first-order valence-electron chi connectivity index (χ1n) is 12.3. The smallest absolute Gasteiger partial charge is 0.291 e. The molecule has 0 aromatic heterocycles. The number of nitrogens with one attached hydrogen (secondary N) is 2. The van der Waals surface area contributed by atoms with Gasteiger partial charge >= 0.3 is 0 Å². The predicted octanol–water partition coefficient (Wildman–Crippen LogP) is 3.28. The van der Waals surface area contributed by atoms with Crippen LogP contribution in [0.3, 0.4) is 0 Å². The molecular weight excluding hydrogens is 487 g/mol. The molecule has 4 aliphatic rings. The van der Waals surface area contributed by atoms with Crippen LogP contribution in [0.25, 0.3) is 0 Å². The lowest BCUT2D eigenvalue weighted by Gasteiger charge is -2.48. The van der Waals surface area contributed by atoms with Gasteiger partial charge in [-0.05, 0) is 24.3 Å². The first kappa shape index (κ1) is 23.8. The molecule has 0 radical (unpaired) electrons. The van der Waals surface area contributed by atoms with E-state index in [1.165, 1.54) is 18.2 Å². The van der Waals surface area contributed by atoms with E-state index in [4.69, 9.17) is 20.6 Å². The number of amidine groups is 1. The van der Waals surface area contributed by atoms with E-state index in [1.54, 1.807) is 6.07 Å². The van der Waals surface area contributed by atoms with Gasteiger partial charge in [-0.2, -0.15) is 4.99 Å². The Morgan fingerprint density at radius 3 is 2.58 bits per heavy atom. The molecule has 0 spiro atoms. The zero-order valence-corrected chi connectivity index (χ0v) is 20.3. The molecule has 4 N–H and O–H groups in total. The zero-order valence-electron chi connectivity index (χ0n) is 20.3. The number of aliphatic imine (C=N–C) groups is 2. The number of morpholine rings is 1. The Bertz CT molecular complexity index is 1460. The Labute approximate surface area is 218 Å². The van der Waals surface area contributed by atoms with E-state index >= 15 is 0 Å². The second kappa shape index (κ2) is 9.71. The molecule has 1 amide bonds. The van der Waals surface area contributed by atoms with Gasteiger partial charge in [-0.25, -0.2) is 9.38 Å². The van der Waals surface area contributed by atoms with Crippen molar-refractivity contribution in [3.63, 3.8) is 0 Å². The van der Waals surface area contributed by atoms with Crippen molar-refractivity contribution in [3.8, 4) is 0 Å². The fraction of sp³-hybridized carbons (Fsp3) is 0.214. The molecule has 3 atom stereocenters. The molecule has 3 unspecified atom stereocenters. The van der Waals surface area contributed by atoms with E-state index in [2.05, 4.69) is 15.3 Å². The number of rotatable bonds is 4. The first-order chi connectivity index (χ1) is 18.4. The lowest BCUT2D eigenvalue weighted by Crippen LogP contribution is -2.57. The minimum absolute atomic E-state index is 0.0983. The monoisotopic (exact) mass is 512 g/mol. The topological polar surface area (TPSA) is 125 Å². The van der Waals surface area contributed by atoms with Crippen LogP contribution >= 0.6 is 0 Å². The SMILES string of the molecule is N=C(OC(N)=NC1N=C(c2ccccc2)c2ccccc2NC1=O)c1ccc(F)cc1N1CC2CC(C1)O2. The Morgan fingerprint density at radius 1 is 1.11 bits per heavy atom. The molecule has 38 heavy (non-hydrogen) atoms. The van der Waals surface area contributed by atoms with Gasteiger partial charge in [-0.1, -0.05) is 48.5 Å². The maximum atomic E-state index is 14.1. The highest BCUT2D eigenvalue weighted by Gasteiger charge is 2.39. The molecule has 0 aliphatic carbocycles. The van der Waals surface area contributed by atoms with Crippen molar-refractivity contribution in [2.24, 2.45) is 15.7 Å². The molecule has 9 nitrogen and oxygen atoms in total. The van der Waals surface area contributed by atoms with Crippen molar-refractivity contribution < 1.29 is 18.7 Å². The third-order valence-corrected chi connectivity index (χ3v) is 6.73. The van der Waals surface area contributed by atoms with E-state index < -0.39 is 23.9 Å². The van der Waals surface area contributed by atoms with Crippen LogP contribution in [0.15, 0.2) is 82.8 Å². The number of ether oxygens (including phenoxy) is 2. The van der Waals surface area contributed by atoms with Gasteiger partial charge < -0.3 is 25.4 Å². The first-order valence-corrected chi connectivity index (χ1v) is 12.3. The van der Waals surface area contributed by atoms with Gasteiger partial charge in [0.2, 0.25) is 12.1 Å². The molecule has 3 fully saturated rings. The average Bonchev–Trinajstić information content (AvgIpc) is 3.04. The quantitative estimate of drug-likeness (QED) is 0.366. The fourth-order valence-electron chi connectivity index (χ4n) is 4.98. The van der Waals surface area contributed by atoms with Gasteiger partial charge in [0.25, 0.3) is 11.9 Å². The Hall–Kier alpha value is -4.57. The minimum Gasteiger partial charge on any atom is -0.407 e. The second-order valence-corrected chi connectivity index (χ2v) is 9.33. The highest BCUT2D eigenvalue weighted by Crippen LogP contribution is 2.33. The molecule has 4 aliphatic heterocycles. The summed E-state index contributed by atoms with van der Waals surface area (Å²) in [5, 5.41) is 11.4. The summed E-state index contributed by atoms with van der Waals surface area (Å²) >= 11 is 0. The number of benzene rings is 3. The van der Waals surface area contributed by atoms with E-state index in [1.807, 2.05) is 53.4 Å². The molecule has 192 valence electrons. The molecule has 7 rings (SSSR count). The summed E-state index contributed by atoms with van der Waals surface area (Å²) in [7, 11) is 0. The number of para-hydroxylation sites is 1. The maximum Gasteiger partial charge on any atom is 0.291 e.